The van der Waals surface area contributed by atoms with Crippen molar-refractivity contribution in [1.29, 1.82) is 0 Å². The van der Waals surface area contributed by atoms with E-state index in [-0.39, 0.29) is 29.9 Å². The molecule has 9 aromatic rings. The Bertz CT molecular complexity index is 2920. The van der Waals surface area contributed by atoms with E-state index in [9.17, 15) is 16.8 Å². The number of rotatable bonds is 12. The van der Waals surface area contributed by atoms with Gasteiger partial charge in [-0.2, -0.15) is 0 Å². The molecule has 0 atom stereocenters. The van der Waals surface area contributed by atoms with Crippen LogP contribution in [0, 0.1) is 0 Å². The Morgan fingerprint density at radius 2 is 0.646 bits per heavy atom. The van der Waals surface area contributed by atoms with Gasteiger partial charge in [-0.05, 0) is 77.4 Å². The summed E-state index contributed by atoms with van der Waals surface area (Å²) in [7, 11) is -7.49. The molecular formula is C52H41IrN6O4S2. The summed E-state index contributed by atoms with van der Waals surface area (Å²) in [6.07, 6.45) is 5.14. The first-order chi connectivity index (χ1) is 31.3. The Kier molecular flexibility index (Phi) is 17.0. The first kappa shape index (κ1) is 47.2. The molecule has 3 heterocycles. The van der Waals surface area contributed by atoms with Crippen LogP contribution in [0.5, 0.6) is 0 Å². The summed E-state index contributed by atoms with van der Waals surface area (Å²) in [4.78, 5) is 13.3. The van der Waals surface area contributed by atoms with Crippen LogP contribution >= 0.6 is 0 Å². The molecule has 0 saturated heterocycles. The summed E-state index contributed by atoms with van der Waals surface area (Å²) in [5.74, 6) is 0. The zero-order chi connectivity index (χ0) is 44.5. The molecule has 324 valence electrons. The zero-order valence-corrected chi connectivity index (χ0v) is 38.7. The largest absolute Gasteiger partial charge is 3.00 e. The third kappa shape index (κ3) is 13.4. The van der Waals surface area contributed by atoms with E-state index in [1.54, 1.807) is 73.1 Å². The smallest absolute Gasteiger partial charge is 0.680 e. The molecule has 0 fully saturated rings. The van der Waals surface area contributed by atoms with E-state index in [1.165, 1.54) is 29.8 Å². The molecule has 0 aliphatic carbocycles. The molecule has 0 radical (unpaired) electrons. The van der Waals surface area contributed by atoms with Crippen LogP contribution in [0.15, 0.2) is 247 Å². The molecule has 0 aliphatic rings. The van der Waals surface area contributed by atoms with Gasteiger partial charge in [0.2, 0.25) is 0 Å². The molecule has 13 heteroatoms. The van der Waals surface area contributed by atoms with Crippen molar-refractivity contribution in [3.05, 3.63) is 257 Å². The average Bonchev–Trinajstić information content (AvgIpc) is 3.36. The molecule has 0 saturated carbocycles. The van der Waals surface area contributed by atoms with Crippen molar-refractivity contribution in [2.75, 3.05) is 0 Å². The van der Waals surface area contributed by atoms with Crippen molar-refractivity contribution < 1.29 is 36.9 Å². The van der Waals surface area contributed by atoms with Gasteiger partial charge in [-0.25, -0.2) is 16.8 Å². The van der Waals surface area contributed by atoms with Gasteiger partial charge in [0.15, 0.2) is 0 Å². The molecule has 0 spiro atoms. The number of nitrogens with zero attached hydrogens (tertiary/aromatic N) is 6. The van der Waals surface area contributed by atoms with E-state index in [2.05, 4.69) is 42.6 Å². The number of aromatic nitrogens is 3. The van der Waals surface area contributed by atoms with E-state index < -0.39 is 20.0 Å². The minimum Gasteiger partial charge on any atom is -0.680 e. The zero-order valence-electron chi connectivity index (χ0n) is 34.7. The van der Waals surface area contributed by atoms with E-state index in [0.29, 0.717) is 40.4 Å². The Morgan fingerprint density at radius 1 is 0.338 bits per heavy atom. The topological polar surface area (TPSA) is 149 Å². The van der Waals surface area contributed by atoms with Crippen LogP contribution in [-0.2, 0) is 46.7 Å². The third-order valence-corrected chi connectivity index (χ3v) is 11.9. The van der Waals surface area contributed by atoms with Crippen LogP contribution in [0.3, 0.4) is 0 Å². The first-order valence-electron chi connectivity index (χ1n) is 20.1. The monoisotopic (exact) mass is 1070 g/mol. The molecule has 9 rings (SSSR count). The SMILES string of the molecule is O=S(=O)([N-]c1ccccc1-c1ccccn1)c1ccccc1.O=S(=O)([N-]c1ccccc1-c1ccccn1)c1ccccc1.[Ir+3].c1ccc(C[N-]c2ccccc2-c2ccccn2)cc1. The van der Waals surface area contributed by atoms with Gasteiger partial charge in [-0.15, -0.1) is 23.6 Å². The van der Waals surface area contributed by atoms with Gasteiger partial charge in [0.1, 0.15) is 20.0 Å². The number of benzene rings is 6. The van der Waals surface area contributed by atoms with E-state index >= 15 is 0 Å². The molecule has 3 aromatic heterocycles. The van der Waals surface area contributed by atoms with Crippen molar-refractivity contribution >= 4 is 37.1 Å². The van der Waals surface area contributed by atoms with Gasteiger partial charge in [-0.3, -0.25) is 15.0 Å². The second-order valence-corrected chi connectivity index (χ2v) is 17.0. The fourth-order valence-electron chi connectivity index (χ4n) is 6.24. The molecule has 0 unspecified atom stereocenters. The fourth-order valence-corrected chi connectivity index (χ4v) is 8.29. The van der Waals surface area contributed by atoms with Crippen LogP contribution in [0.25, 0.3) is 48.5 Å². The van der Waals surface area contributed by atoms with Crippen LogP contribution in [0.4, 0.5) is 17.1 Å². The molecule has 0 N–H and O–H groups in total. The maximum Gasteiger partial charge on any atom is 3.00 e. The van der Waals surface area contributed by atoms with Crippen LogP contribution in [0.1, 0.15) is 5.56 Å². The van der Waals surface area contributed by atoms with Crippen LogP contribution < -0.4 is 0 Å². The van der Waals surface area contributed by atoms with E-state index in [0.717, 1.165) is 16.9 Å². The number of pyridine rings is 3. The first-order valence-corrected chi connectivity index (χ1v) is 22.9. The standard InChI is InChI=1S/C18H15N2.2C17H13N2O2S.Ir/c1-2-8-15(9-3-1)14-20-18-11-5-4-10-16(18)17-12-6-7-13-19-17;2*20-22(21,14-8-2-1-3-9-14)19-17-12-5-4-10-15(17)16-11-6-7-13-18-16;/h1-13H,14H2;2*1-13H;/q3*-1;+3. The third-order valence-electron chi connectivity index (χ3n) is 9.33. The van der Waals surface area contributed by atoms with Crippen molar-refractivity contribution in [1.82, 2.24) is 15.0 Å². The maximum absolute atomic E-state index is 12.4. The van der Waals surface area contributed by atoms with Crippen LogP contribution in [-0.4, -0.2) is 31.8 Å². The minimum atomic E-state index is -3.75. The summed E-state index contributed by atoms with van der Waals surface area (Å²) in [6.45, 7) is 0.685. The van der Waals surface area contributed by atoms with Gasteiger partial charge >= 0.3 is 20.1 Å². The number of hydrogen-bond acceptors (Lipinski definition) is 7. The Morgan fingerprint density at radius 3 is 1.02 bits per heavy atom. The molecule has 6 aromatic carbocycles. The quantitative estimate of drug-likeness (QED) is 0.118. The van der Waals surface area contributed by atoms with E-state index in [4.69, 9.17) is 5.32 Å². The summed E-state index contributed by atoms with van der Waals surface area (Å²) >= 11 is 0. The van der Waals surface area contributed by atoms with Crippen molar-refractivity contribution in [3.63, 3.8) is 0 Å². The van der Waals surface area contributed by atoms with Crippen molar-refractivity contribution in [2.45, 2.75) is 16.3 Å². The van der Waals surface area contributed by atoms with Gasteiger partial charge in [0.25, 0.3) is 0 Å². The number of para-hydroxylation sites is 1. The van der Waals surface area contributed by atoms with Crippen molar-refractivity contribution in [2.24, 2.45) is 0 Å². The molecule has 10 nitrogen and oxygen atoms in total. The van der Waals surface area contributed by atoms with Gasteiger partial charge in [0.05, 0.1) is 26.9 Å². The normalized spacial score (nSPS) is 10.6. The Balaban J connectivity index is 0.000000161. The summed E-state index contributed by atoms with van der Waals surface area (Å²) in [5, 5.41) is 4.71. The fraction of sp³-hybridized carbons (Fsp3) is 0.0192. The van der Waals surface area contributed by atoms with Gasteiger partial charge < -0.3 is 14.8 Å². The predicted molar refractivity (Wildman–Crippen MR) is 255 cm³/mol. The molecule has 0 amide bonds. The Labute approximate surface area is 394 Å². The second kappa shape index (κ2) is 23.4. The summed E-state index contributed by atoms with van der Waals surface area (Å²) in [5.41, 5.74) is 7.72. The summed E-state index contributed by atoms with van der Waals surface area (Å²) in [6, 6.07) is 65.8. The number of sulfonamides is 2. The van der Waals surface area contributed by atoms with Gasteiger partial charge in [0, 0.05) is 18.6 Å². The molecule has 0 aliphatic heterocycles. The average molecular weight is 1070 g/mol. The summed E-state index contributed by atoms with van der Waals surface area (Å²) < 4.78 is 57.5. The minimum absolute atomic E-state index is 0. The predicted octanol–water partition coefficient (Wildman–Crippen LogP) is 13.2. The number of hydrogen-bond donors (Lipinski definition) is 0. The molecule has 65 heavy (non-hydrogen) atoms. The van der Waals surface area contributed by atoms with Crippen LogP contribution in [0.2, 0.25) is 0 Å². The molecule has 0 bridgehead atoms. The van der Waals surface area contributed by atoms with Crippen molar-refractivity contribution in [3.8, 4) is 33.8 Å². The second-order valence-electron chi connectivity index (χ2n) is 13.8. The van der Waals surface area contributed by atoms with Gasteiger partial charge in [-0.1, -0.05) is 163 Å². The Hall–Kier alpha value is -7.28. The maximum atomic E-state index is 12.4. The van der Waals surface area contributed by atoms with E-state index in [1.807, 2.05) is 121 Å². The molecular weight excluding hydrogens is 1030 g/mol.